The number of hydrogen-bond acceptors (Lipinski definition) is 3. The lowest BCUT2D eigenvalue weighted by atomic mass is 10.1. The Morgan fingerprint density at radius 3 is 2.85 bits per heavy atom. The summed E-state index contributed by atoms with van der Waals surface area (Å²) in [5, 5.41) is 0.496. The number of carbonyl (C=O) groups excluding carboxylic acids is 1. The summed E-state index contributed by atoms with van der Waals surface area (Å²) in [5.74, 6) is -0.927. The molecule has 3 rings (SSSR count). The van der Waals surface area contributed by atoms with Crippen LogP contribution in [-0.2, 0) is 4.74 Å². The molecule has 5 heteroatoms. The molecule has 1 N–H and O–H groups in total. The zero-order valence-corrected chi connectivity index (χ0v) is 10.7. The monoisotopic (exact) mass is 270 g/mol. The van der Waals surface area contributed by atoms with Crippen LogP contribution >= 0.6 is 0 Å². The number of rotatable bonds is 2. The van der Waals surface area contributed by atoms with Gasteiger partial charge in [-0.2, -0.15) is 0 Å². The minimum absolute atomic E-state index is 0.284. The van der Waals surface area contributed by atoms with Crippen molar-refractivity contribution in [2.45, 2.75) is 0 Å². The lowest BCUT2D eigenvalue weighted by Gasteiger charge is -2.02. The van der Waals surface area contributed by atoms with Gasteiger partial charge in [0.05, 0.1) is 23.9 Å². The van der Waals surface area contributed by atoms with Gasteiger partial charge in [0.1, 0.15) is 5.82 Å². The Balaban J connectivity index is 2.36. The van der Waals surface area contributed by atoms with Crippen LogP contribution in [-0.4, -0.2) is 23.0 Å². The van der Waals surface area contributed by atoms with Crippen molar-refractivity contribution in [2.24, 2.45) is 0 Å². The second-order valence-corrected chi connectivity index (χ2v) is 4.27. The highest BCUT2D eigenvalue weighted by Crippen LogP contribution is 2.31. The van der Waals surface area contributed by atoms with Crippen LogP contribution < -0.4 is 0 Å². The Labute approximate surface area is 114 Å². The van der Waals surface area contributed by atoms with E-state index in [1.165, 1.54) is 13.2 Å². The van der Waals surface area contributed by atoms with E-state index in [2.05, 4.69) is 9.97 Å². The zero-order chi connectivity index (χ0) is 14.1. The number of fused-ring (bicyclic) bond motifs is 1. The molecule has 0 bridgehead atoms. The standard InChI is InChI=1S/C15H11FN2O2/c1-20-15(19)12-10-5-2-6-11(16)14(10)18-13(12)9-4-3-7-17-8-9/h2-8,18H,1H3. The number of halogens is 1. The molecular weight excluding hydrogens is 259 g/mol. The average Bonchev–Trinajstić information content (AvgIpc) is 2.88. The maximum absolute atomic E-state index is 13.9. The molecule has 0 saturated carbocycles. The number of esters is 1. The highest BCUT2D eigenvalue weighted by Gasteiger charge is 2.21. The number of ether oxygens (including phenoxy) is 1. The van der Waals surface area contributed by atoms with E-state index < -0.39 is 11.8 Å². The molecule has 1 aromatic carbocycles. The molecule has 0 atom stereocenters. The molecule has 0 spiro atoms. The fourth-order valence-electron chi connectivity index (χ4n) is 2.22. The number of para-hydroxylation sites is 1. The fraction of sp³-hybridized carbons (Fsp3) is 0.0667. The Morgan fingerprint density at radius 2 is 2.15 bits per heavy atom. The van der Waals surface area contributed by atoms with Gasteiger partial charge < -0.3 is 9.72 Å². The van der Waals surface area contributed by atoms with Crippen LogP contribution in [0.25, 0.3) is 22.2 Å². The predicted octanol–water partition coefficient (Wildman–Crippen LogP) is 3.16. The second-order valence-electron chi connectivity index (χ2n) is 4.27. The number of aromatic amines is 1. The minimum Gasteiger partial charge on any atom is -0.465 e. The number of H-pyrrole nitrogens is 1. The second kappa shape index (κ2) is 4.77. The van der Waals surface area contributed by atoms with E-state index >= 15 is 0 Å². The molecule has 0 amide bonds. The van der Waals surface area contributed by atoms with Gasteiger partial charge in [0, 0.05) is 23.3 Å². The predicted molar refractivity (Wildman–Crippen MR) is 72.8 cm³/mol. The van der Waals surface area contributed by atoms with Gasteiger partial charge in [-0.3, -0.25) is 4.98 Å². The van der Waals surface area contributed by atoms with E-state index in [9.17, 15) is 9.18 Å². The van der Waals surface area contributed by atoms with Crippen LogP contribution in [0.15, 0.2) is 42.7 Å². The first-order valence-electron chi connectivity index (χ1n) is 6.01. The van der Waals surface area contributed by atoms with Gasteiger partial charge in [-0.25, -0.2) is 9.18 Å². The number of benzene rings is 1. The van der Waals surface area contributed by atoms with E-state index in [-0.39, 0.29) is 5.52 Å². The van der Waals surface area contributed by atoms with Crippen molar-refractivity contribution >= 4 is 16.9 Å². The van der Waals surface area contributed by atoms with Crippen molar-refractivity contribution in [1.82, 2.24) is 9.97 Å². The summed E-state index contributed by atoms with van der Waals surface area (Å²) >= 11 is 0. The summed E-state index contributed by atoms with van der Waals surface area (Å²) in [5.41, 5.74) is 1.80. The van der Waals surface area contributed by atoms with Gasteiger partial charge in [-0.15, -0.1) is 0 Å². The smallest absolute Gasteiger partial charge is 0.340 e. The van der Waals surface area contributed by atoms with E-state index in [1.54, 1.807) is 36.7 Å². The number of pyridine rings is 1. The van der Waals surface area contributed by atoms with E-state index in [0.717, 1.165) is 0 Å². The average molecular weight is 270 g/mol. The zero-order valence-electron chi connectivity index (χ0n) is 10.7. The number of methoxy groups -OCH3 is 1. The van der Waals surface area contributed by atoms with Gasteiger partial charge >= 0.3 is 5.97 Å². The van der Waals surface area contributed by atoms with Gasteiger partial charge in [0.15, 0.2) is 0 Å². The Kier molecular flexibility index (Phi) is 2.95. The molecule has 3 aromatic rings. The number of nitrogens with zero attached hydrogens (tertiary/aromatic N) is 1. The third-order valence-corrected chi connectivity index (χ3v) is 3.12. The highest BCUT2D eigenvalue weighted by molar-refractivity contribution is 6.10. The molecule has 20 heavy (non-hydrogen) atoms. The maximum atomic E-state index is 13.9. The number of nitrogens with one attached hydrogen (secondary N) is 1. The molecular formula is C15H11FN2O2. The number of hydrogen-bond donors (Lipinski definition) is 1. The van der Waals surface area contributed by atoms with Crippen LogP contribution in [0.3, 0.4) is 0 Å². The SMILES string of the molecule is COC(=O)c1c(-c2cccnc2)[nH]c2c(F)cccc12. The Bertz CT molecular complexity index is 781. The first kappa shape index (κ1) is 12.3. The summed E-state index contributed by atoms with van der Waals surface area (Å²) in [6.07, 6.45) is 3.24. The molecule has 100 valence electrons. The van der Waals surface area contributed by atoms with Crippen molar-refractivity contribution in [3.8, 4) is 11.3 Å². The molecule has 0 fully saturated rings. The van der Waals surface area contributed by atoms with E-state index in [0.29, 0.717) is 22.2 Å². The largest absolute Gasteiger partial charge is 0.465 e. The molecule has 4 nitrogen and oxygen atoms in total. The highest BCUT2D eigenvalue weighted by atomic mass is 19.1. The molecule has 0 saturated heterocycles. The van der Waals surface area contributed by atoms with Crippen molar-refractivity contribution in [3.05, 3.63) is 54.1 Å². The van der Waals surface area contributed by atoms with E-state index in [4.69, 9.17) is 4.74 Å². The molecule has 0 unspecified atom stereocenters. The third-order valence-electron chi connectivity index (χ3n) is 3.12. The van der Waals surface area contributed by atoms with Gasteiger partial charge in [0.2, 0.25) is 0 Å². The lowest BCUT2D eigenvalue weighted by Crippen LogP contribution is -2.02. The molecule has 0 aliphatic rings. The van der Waals surface area contributed by atoms with Crippen molar-refractivity contribution < 1.29 is 13.9 Å². The molecule has 0 aliphatic carbocycles. The lowest BCUT2D eigenvalue weighted by molar-refractivity contribution is 0.0604. The first-order valence-corrected chi connectivity index (χ1v) is 6.01. The number of carbonyl (C=O) groups is 1. The maximum Gasteiger partial charge on any atom is 0.340 e. The van der Waals surface area contributed by atoms with E-state index in [1.807, 2.05) is 0 Å². The topological polar surface area (TPSA) is 55.0 Å². The summed E-state index contributed by atoms with van der Waals surface area (Å²) in [4.78, 5) is 19.0. The summed E-state index contributed by atoms with van der Waals surface area (Å²) in [7, 11) is 1.30. The molecule has 2 aromatic heterocycles. The van der Waals surface area contributed by atoms with Crippen LogP contribution in [0.2, 0.25) is 0 Å². The van der Waals surface area contributed by atoms with Crippen LogP contribution in [0.5, 0.6) is 0 Å². The quantitative estimate of drug-likeness (QED) is 0.728. The summed E-state index contributed by atoms with van der Waals surface area (Å²) in [6.45, 7) is 0. The van der Waals surface area contributed by atoms with Gasteiger partial charge in [-0.1, -0.05) is 12.1 Å². The fourth-order valence-corrected chi connectivity index (χ4v) is 2.22. The van der Waals surface area contributed by atoms with Crippen LogP contribution in [0.4, 0.5) is 4.39 Å². The Morgan fingerprint density at radius 1 is 1.30 bits per heavy atom. The van der Waals surface area contributed by atoms with Gasteiger partial charge in [-0.05, 0) is 18.2 Å². The number of aromatic nitrogens is 2. The molecule has 0 radical (unpaired) electrons. The molecule has 2 heterocycles. The third kappa shape index (κ3) is 1.84. The summed E-state index contributed by atoms with van der Waals surface area (Å²) < 4.78 is 18.7. The summed E-state index contributed by atoms with van der Waals surface area (Å²) in [6, 6.07) is 8.12. The van der Waals surface area contributed by atoms with Crippen molar-refractivity contribution in [3.63, 3.8) is 0 Å². The first-order chi connectivity index (χ1) is 9.72. The molecule has 0 aliphatic heterocycles. The minimum atomic E-state index is -0.513. The van der Waals surface area contributed by atoms with Crippen molar-refractivity contribution in [1.29, 1.82) is 0 Å². The normalized spacial score (nSPS) is 10.7. The Hall–Kier alpha value is -2.69. The van der Waals surface area contributed by atoms with Gasteiger partial charge in [0.25, 0.3) is 0 Å². The van der Waals surface area contributed by atoms with Crippen LogP contribution in [0.1, 0.15) is 10.4 Å². The van der Waals surface area contributed by atoms with Crippen molar-refractivity contribution in [2.75, 3.05) is 7.11 Å². The van der Waals surface area contributed by atoms with Crippen LogP contribution in [0, 0.1) is 5.82 Å².